The van der Waals surface area contributed by atoms with E-state index in [1.54, 1.807) is 7.11 Å². The van der Waals surface area contributed by atoms with Crippen molar-refractivity contribution in [3.05, 3.63) is 11.5 Å². The summed E-state index contributed by atoms with van der Waals surface area (Å²) in [5.41, 5.74) is 0.571. The summed E-state index contributed by atoms with van der Waals surface area (Å²) >= 11 is 0. The monoisotopic (exact) mass is 223 g/mol. The molecule has 0 saturated heterocycles. The number of hydrogen-bond donors (Lipinski definition) is 0. The lowest BCUT2D eigenvalue weighted by molar-refractivity contribution is 0.361. The second-order valence-corrected chi connectivity index (χ2v) is 5.99. The summed E-state index contributed by atoms with van der Waals surface area (Å²) < 4.78 is 5.29. The Bertz CT molecular complexity index is 375. The van der Waals surface area contributed by atoms with Gasteiger partial charge in [0, 0.05) is 10.8 Å². The maximum absolute atomic E-state index is 5.29. The van der Waals surface area contributed by atoms with Crippen LogP contribution in [0.3, 0.4) is 0 Å². The van der Waals surface area contributed by atoms with Gasteiger partial charge in [-0.3, -0.25) is 0 Å². The van der Waals surface area contributed by atoms with Crippen molar-refractivity contribution >= 4 is 0 Å². The van der Waals surface area contributed by atoms with Crippen LogP contribution in [0.4, 0.5) is 0 Å². The first-order chi connectivity index (χ1) is 7.16. The van der Waals surface area contributed by atoms with Crippen LogP contribution in [0.1, 0.15) is 53.1 Å². The third kappa shape index (κ3) is 2.68. The van der Waals surface area contributed by atoms with E-state index in [9.17, 15) is 0 Å². The SMILES string of the molecule is COc1nc(C(C)(C)C)nnc1C(C)(C)C. The number of nitrogens with zero attached hydrogens (tertiary/aromatic N) is 3. The number of methoxy groups -OCH3 is 1. The third-order valence-electron chi connectivity index (χ3n) is 2.23. The van der Waals surface area contributed by atoms with Crippen molar-refractivity contribution < 1.29 is 4.74 Å². The molecule has 0 saturated carbocycles. The maximum atomic E-state index is 5.29. The first-order valence-corrected chi connectivity index (χ1v) is 5.46. The van der Waals surface area contributed by atoms with Crippen LogP contribution in [-0.2, 0) is 10.8 Å². The molecule has 1 heterocycles. The zero-order valence-corrected chi connectivity index (χ0v) is 11.2. The molecule has 16 heavy (non-hydrogen) atoms. The van der Waals surface area contributed by atoms with Crippen molar-refractivity contribution in [1.82, 2.24) is 15.2 Å². The molecule has 0 bridgehead atoms. The molecule has 1 aromatic heterocycles. The molecule has 0 fully saturated rings. The standard InChI is InChI=1S/C12H21N3O/c1-11(2,3)8-9(16-7)13-10(15-14-8)12(4,5)6/h1-7H3. The molecule has 0 N–H and O–H groups in total. The van der Waals surface area contributed by atoms with E-state index in [4.69, 9.17) is 4.74 Å². The molecule has 4 nitrogen and oxygen atoms in total. The van der Waals surface area contributed by atoms with Gasteiger partial charge >= 0.3 is 0 Å². The Morgan fingerprint density at radius 2 is 1.44 bits per heavy atom. The lowest BCUT2D eigenvalue weighted by Crippen LogP contribution is -2.22. The van der Waals surface area contributed by atoms with Crippen molar-refractivity contribution in [2.45, 2.75) is 52.4 Å². The summed E-state index contributed by atoms with van der Waals surface area (Å²) in [6.45, 7) is 12.4. The Balaban J connectivity index is 3.28. The fourth-order valence-electron chi connectivity index (χ4n) is 1.24. The zero-order valence-electron chi connectivity index (χ0n) is 11.2. The average molecular weight is 223 g/mol. The van der Waals surface area contributed by atoms with E-state index >= 15 is 0 Å². The van der Waals surface area contributed by atoms with E-state index in [2.05, 4.69) is 56.7 Å². The van der Waals surface area contributed by atoms with Crippen LogP contribution < -0.4 is 4.74 Å². The second kappa shape index (κ2) is 4.00. The minimum Gasteiger partial charge on any atom is -0.480 e. The first kappa shape index (κ1) is 12.9. The molecular weight excluding hydrogens is 202 g/mol. The van der Waals surface area contributed by atoms with Crippen molar-refractivity contribution in [2.24, 2.45) is 0 Å². The topological polar surface area (TPSA) is 47.9 Å². The Labute approximate surface area is 97.5 Å². The summed E-state index contributed by atoms with van der Waals surface area (Å²) in [6, 6.07) is 0. The van der Waals surface area contributed by atoms with Gasteiger partial charge in [0.25, 0.3) is 0 Å². The molecule has 0 spiro atoms. The average Bonchev–Trinajstić information content (AvgIpc) is 2.14. The lowest BCUT2D eigenvalue weighted by Gasteiger charge is -2.22. The first-order valence-electron chi connectivity index (χ1n) is 5.46. The Morgan fingerprint density at radius 3 is 1.81 bits per heavy atom. The van der Waals surface area contributed by atoms with Crippen LogP contribution in [0, 0.1) is 0 Å². The smallest absolute Gasteiger partial charge is 0.239 e. The van der Waals surface area contributed by atoms with Gasteiger partial charge in [0.15, 0.2) is 5.82 Å². The largest absolute Gasteiger partial charge is 0.480 e. The van der Waals surface area contributed by atoms with E-state index in [0.717, 1.165) is 5.69 Å². The molecular formula is C12H21N3O. The molecule has 0 unspecified atom stereocenters. The van der Waals surface area contributed by atoms with Gasteiger partial charge in [0.05, 0.1) is 7.11 Å². The molecule has 1 rings (SSSR count). The van der Waals surface area contributed by atoms with Crippen LogP contribution in [0.15, 0.2) is 0 Å². The van der Waals surface area contributed by atoms with Crippen molar-refractivity contribution in [1.29, 1.82) is 0 Å². The van der Waals surface area contributed by atoms with Gasteiger partial charge in [0.2, 0.25) is 5.88 Å². The predicted molar refractivity (Wildman–Crippen MR) is 63.8 cm³/mol. The third-order valence-corrected chi connectivity index (χ3v) is 2.23. The minimum absolute atomic E-state index is 0.109. The molecule has 0 atom stereocenters. The zero-order chi connectivity index (χ0) is 12.6. The van der Waals surface area contributed by atoms with Crippen molar-refractivity contribution in [3.63, 3.8) is 0 Å². The molecule has 0 amide bonds. The van der Waals surface area contributed by atoms with Gasteiger partial charge in [-0.1, -0.05) is 41.5 Å². The molecule has 0 aliphatic heterocycles. The normalized spacial score (nSPS) is 12.7. The van der Waals surface area contributed by atoms with Crippen LogP contribution in [0.2, 0.25) is 0 Å². The highest BCUT2D eigenvalue weighted by Crippen LogP contribution is 2.28. The number of rotatable bonds is 1. The summed E-state index contributed by atoms with van der Waals surface area (Å²) in [4.78, 5) is 4.43. The van der Waals surface area contributed by atoms with E-state index in [0.29, 0.717) is 11.7 Å². The van der Waals surface area contributed by atoms with Gasteiger partial charge < -0.3 is 4.74 Å². The van der Waals surface area contributed by atoms with Gasteiger partial charge in [-0.25, -0.2) is 0 Å². The Kier molecular flexibility index (Phi) is 3.22. The maximum Gasteiger partial charge on any atom is 0.239 e. The second-order valence-electron chi connectivity index (χ2n) is 5.99. The van der Waals surface area contributed by atoms with Gasteiger partial charge in [0.1, 0.15) is 5.69 Å². The van der Waals surface area contributed by atoms with Gasteiger partial charge in [-0.15, -0.1) is 10.2 Å². The van der Waals surface area contributed by atoms with Crippen molar-refractivity contribution in [3.8, 4) is 5.88 Å². The van der Waals surface area contributed by atoms with Crippen LogP contribution >= 0.6 is 0 Å². The molecule has 0 aliphatic carbocycles. The van der Waals surface area contributed by atoms with Crippen LogP contribution in [0.25, 0.3) is 0 Å². The number of ether oxygens (including phenoxy) is 1. The molecule has 0 aromatic carbocycles. The highest BCUT2D eigenvalue weighted by Gasteiger charge is 2.26. The van der Waals surface area contributed by atoms with Crippen molar-refractivity contribution in [2.75, 3.05) is 7.11 Å². The lowest BCUT2D eigenvalue weighted by atomic mass is 9.92. The van der Waals surface area contributed by atoms with E-state index in [-0.39, 0.29) is 10.8 Å². The van der Waals surface area contributed by atoms with Crippen LogP contribution in [0.5, 0.6) is 5.88 Å². The number of aromatic nitrogens is 3. The highest BCUT2D eigenvalue weighted by molar-refractivity contribution is 5.25. The van der Waals surface area contributed by atoms with Gasteiger partial charge in [-0.2, -0.15) is 4.98 Å². The van der Waals surface area contributed by atoms with Gasteiger partial charge in [-0.05, 0) is 0 Å². The Hall–Kier alpha value is -1.19. The fourth-order valence-corrected chi connectivity index (χ4v) is 1.24. The minimum atomic E-state index is -0.114. The van der Waals surface area contributed by atoms with E-state index in [1.165, 1.54) is 0 Å². The van der Waals surface area contributed by atoms with Crippen LogP contribution in [-0.4, -0.2) is 22.3 Å². The summed E-state index contributed by atoms with van der Waals surface area (Å²) in [5.74, 6) is 1.28. The molecule has 4 heteroatoms. The predicted octanol–water partition coefficient (Wildman–Crippen LogP) is 2.48. The fraction of sp³-hybridized carbons (Fsp3) is 0.750. The highest BCUT2D eigenvalue weighted by atomic mass is 16.5. The molecule has 1 aromatic rings. The summed E-state index contributed by atoms with van der Waals surface area (Å²) in [5, 5.41) is 8.43. The van der Waals surface area contributed by atoms with E-state index < -0.39 is 0 Å². The number of hydrogen-bond acceptors (Lipinski definition) is 4. The van der Waals surface area contributed by atoms with E-state index in [1.807, 2.05) is 0 Å². The Morgan fingerprint density at radius 1 is 0.875 bits per heavy atom. The summed E-state index contributed by atoms with van der Waals surface area (Å²) in [6.07, 6.45) is 0. The molecule has 0 aliphatic rings. The molecule has 90 valence electrons. The quantitative estimate of drug-likeness (QED) is 0.734. The molecule has 0 radical (unpaired) electrons. The summed E-state index contributed by atoms with van der Waals surface area (Å²) in [7, 11) is 1.62.